The largest absolute Gasteiger partial charge is 2.00 e. The Labute approximate surface area is 102 Å². The predicted molar refractivity (Wildman–Crippen MR) is 51.8 cm³/mol. The molecule has 68 valence electrons. The van der Waals surface area contributed by atoms with Crippen molar-refractivity contribution in [3.63, 3.8) is 0 Å². The maximum atomic E-state index is 5.31. The van der Waals surface area contributed by atoms with Crippen molar-refractivity contribution in [3.05, 3.63) is 42.8 Å². The van der Waals surface area contributed by atoms with E-state index in [0.29, 0.717) is 6.61 Å². The van der Waals surface area contributed by atoms with Crippen LogP contribution in [-0.2, 0) is 11.3 Å². The van der Waals surface area contributed by atoms with Crippen LogP contribution in [0.15, 0.2) is 30.3 Å². The van der Waals surface area contributed by atoms with Crippen LogP contribution in [0.4, 0.5) is 0 Å². The molecule has 0 atom stereocenters. The minimum absolute atomic E-state index is 0. The van der Waals surface area contributed by atoms with Crippen molar-refractivity contribution in [2.45, 2.75) is 13.0 Å². The Kier molecular flexibility index (Phi) is 12.5. The van der Waals surface area contributed by atoms with E-state index >= 15 is 0 Å². The average Bonchev–Trinajstić information content (AvgIpc) is 2.07. The van der Waals surface area contributed by atoms with E-state index in [4.69, 9.17) is 4.74 Å². The molecule has 0 bridgehead atoms. The van der Waals surface area contributed by atoms with Crippen LogP contribution in [0.3, 0.4) is 0 Å². The number of rotatable bonds is 4. The van der Waals surface area contributed by atoms with Crippen LogP contribution in [0.25, 0.3) is 0 Å². The van der Waals surface area contributed by atoms with Gasteiger partial charge in [0.15, 0.2) is 0 Å². The first-order valence-corrected chi connectivity index (χ1v) is 3.84. The smallest absolute Gasteiger partial charge is 1.00 e. The summed E-state index contributed by atoms with van der Waals surface area (Å²) in [6.07, 6.45) is 0.840. The van der Waals surface area contributed by atoms with Gasteiger partial charge in [-0.15, -0.1) is 0 Å². The molecule has 1 aromatic rings. The second-order valence-electron chi connectivity index (χ2n) is 2.39. The number of halogens is 1. The minimum atomic E-state index is 0. The maximum absolute atomic E-state index is 5.31. The Morgan fingerprint density at radius 3 is 2.31 bits per heavy atom. The first kappa shape index (κ1) is 15.7. The molecule has 0 unspecified atom stereocenters. The van der Waals surface area contributed by atoms with E-state index in [1.165, 1.54) is 5.56 Å². The van der Waals surface area contributed by atoms with Crippen molar-refractivity contribution in [1.82, 2.24) is 0 Å². The molecule has 0 aromatic heterocycles. The van der Waals surface area contributed by atoms with Gasteiger partial charge in [0.1, 0.15) is 0 Å². The van der Waals surface area contributed by atoms with Gasteiger partial charge < -0.3 is 24.1 Å². The Hall–Kier alpha value is 0.236. The zero-order chi connectivity index (χ0) is 7.94. The van der Waals surface area contributed by atoms with E-state index in [1.54, 1.807) is 0 Å². The van der Waals surface area contributed by atoms with Gasteiger partial charge in [-0.2, -0.15) is 6.42 Å². The van der Waals surface area contributed by atoms with E-state index in [1.807, 2.05) is 18.2 Å². The Morgan fingerprint density at radius 2 is 1.77 bits per heavy atom. The summed E-state index contributed by atoms with van der Waals surface area (Å²) in [4.78, 5) is 0. The fourth-order valence-corrected chi connectivity index (χ4v) is 0.866. The van der Waals surface area contributed by atoms with E-state index in [2.05, 4.69) is 19.1 Å². The molecule has 3 heteroatoms. The summed E-state index contributed by atoms with van der Waals surface area (Å²) in [6, 6.07) is 10.2. The van der Waals surface area contributed by atoms with Crippen molar-refractivity contribution in [1.29, 1.82) is 0 Å². The van der Waals surface area contributed by atoms with E-state index < -0.39 is 0 Å². The van der Waals surface area contributed by atoms with Gasteiger partial charge in [-0.1, -0.05) is 30.3 Å². The molecule has 0 radical (unpaired) electrons. The normalized spacial score (nSPS) is 8.38. The minimum Gasteiger partial charge on any atom is -1.00 e. The summed E-state index contributed by atoms with van der Waals surface area (Å²) in [6.45, 7) is 5.14. The Morgan fingerprint density at radius 1 is 1.15 bits per heavy atom. The van der Waals surface area contributed by atoms with Gasteiger partial charge >= 0.3 is 23.1 Å². The molecule has 0 heterocycles. The van der Waals surface area contributed by atoms with Crippen molar-refractivity contribution >= 4 is 23.1 Å². The Bertz CT molecular complexity index is 191. The van der Waals surface area contributed by atoms with Crippen LogP contribution >= 0.6 is 0 Å². The van der Waals surface area contributed by atoms with Gasteiger partial charge in [0, 0.05) is 6.61 Å². The molecule has 0 spiro atoms. The van der Waals surface area contributed by atoms with Gasteiger partial charge in [0.25, 0.3) is 0 Å². The van der Waals surface area contributed by atoms with Crippen LogP contribution in [0.5, 0.6) is 0 Å². The molecule has 0 fully saturated rings. The summed E-state index contributed by atoms with van der Waals surface area (Å²) in [5.41, 5.74) is 1.22. The molecular formula is C10H13ClMgO. The van der Waals surface area contributed by atoms with Gasteiger partial charge in [-0.3, -0.25) is 0 Å². The number of hydrogen-bond acceptors (Lipinski definition) is 1. The van der Waals surface area contributed by atoms with Gasteiger partial charge in [-0.25, -0.2) is 0 Å². The number of hydrogen-bond donors (Lipinski definition) is 0. The van der Waals surface area contributed by atoms with Crippen molar-refractivity contribution in [3.8, 4) is 0 Å². The van der Waals surface area contributed by atoms with Crippen molar-refractivity contribution in [2.75, 3.05) is 6.61 Å². The monoisotopic (exact) mass is 208 g/mol. The van der Waals surface area contributed by atoms with E-state index in [9.17, 15) is 0 Å². The SMILES string of the molecule is [CH2-]CCOCc1ccccc1.[Cl-].[Mg+2]. The third-order valence-corrected chi connectivity index (χ3v) is 1.40. The van der Waals surface area contributed by atoms with Crippen LogP contribution in [0, 0.1) is 6.92 Å². The molecule has 0 aliphatic carbocycles. The summed E-state index contributed by atoms with van der Waals surface area (Å²) in [5.74, 6) is 0. The van der Waals surface area contributed by atoms with Crippen LogP contribution in [0.2, 0.25) is 0 Å². The first-order chi connectivity index (χ1) is 5.43. The van der Waals surface area contributed by atoms with Crippen LogP contribution < -0.4 is 12.4 Å². The maximum Gasteiger partial charge on any atom is 2.00 e. The zero-order valence-corrected chi connectivity index (χ0v) is 9.88. The fraction of sp³-hybridized carbons (Fsp3) is 0.300. The van der Waals surface area contributed by atoms with Gasteiger partial charge in [-0.05, 0) is 5.56 Å². The van der Waals surface area contributed by atoms with Crippen LogP contribution in [-0.4, -0.2) is 29.7 Å². The Balaban J connectivity index is 0. The molecule has 0 aliphatic rings. The summed E-state index contributed by atoms with van der Waals surface area (Å²) in [5, 5.41) is 0. The predicted octanol–water partition coefficient (Wildman–Crippen LogP) is -0.949. The van der Waals surface area contributed by atoms with Crippen molar-refractivity contribution < 1.29 is 17.1 Å². The molecule has 0 N–H and O–H groups in total. The number of ether oxygens (including phenoxy) is 1. The third-order valence-electron chi connectivity index (χ3n) is 1.40. The fourth-order valence-electron chi connectivity index (χ4n) is 0.866. The molecule has 13 heavy (non-hydrogen) atoms. The molecule has 1 aromatic carbocycles. The van der Waals surface area contributed by atoms with Gasteiger partial charge in [0.2, 0.25) is 0 Å². The first-order valence-electron chi connectivity index (χ1n) is 3.84. The summed E-state index contributed by atoms with van der Waals surface area (Å²) >= 11 is 0. The van der Waals surface area contributed by atoms with Crippen molar-refractivity contribution in [2.24, 2.45) is 0 Å². The van der Waals surface area contributed by atoms with Gasteiger partial charge in [0.05, 0.1) is 6.61 Å². The van der Waals surface area contributed by atoms with Crippen LogP contribution in [0.1, 0.15) is 12.0 Å². The quantitative estimate of drug-likeness (QED) is 0.353. The second-order valence-corrected chi connectivity index (χ2v) is 2.39. The third kappa shape index (κ3) is 7.32. The summed E-state index contributed by atoms with van der Waals surface area (Å²) in [7, 11) is 0. The molecule has 1 nitrogen and oxygen atoms in total. The average molecular weight is 209 g/mol. The molecule has 1 rings (SSSR count). The number of benzene rings is 1. The molecule has 0 saturated heterocycles. The molecule has 0 saturated carbocycles. The van der Waals surface area contributed by atoms with E-state index in [-0.39, 0.29) is 35.5 Å². The molecule has 0 amide bonds. The topological polar surface area (TPSA) is 9.23 Å². The standard InChI is InChI=1S/C10H13O.ClH.Mg/c1-2-8-11-9-10-6-4-3-5-7-10;;/h3-7H,1-2,8-9H2;1H;/q-1;;+2/p-1. The van der Waals surface area contributed by atoms with E-state index in [0.717, 1.165) is 13.0 Å². The second kappa shape index (κ2) is 10.3. The molecular weight excluding hydrogens is 196 g/mol. The molecule has 0 aliphatic heterocycles. The zero-order valence-electron chi connectivity index (χ0n) is 7.71. The summed E-state index contributed by atoms with van der Waals surface area (Å²) < 4.78 is 5.31.